The van der Waals surface area contributed by atoms with E-state index in [2.05, 4.69) is 16.0 Å². The number of halogens is 3. The Morgan fingerprint density at radius 1 is 0.897 bits per heavy atom. The summed E-state index contributed by atoms with van der Waals surface area (Å²) < 4.78 is 38.7. The third-order valence-electron chi connectivity index (χ3n) is 4.37. The molecule has 0 bridgehead atoms. The normalized spacial score (nSPS) is 11.6. The van der Waals surface area contributed by atoms with Gasteiger partial charge in [0.1, 0.15) is 0 Å². The van der Waals surface area contributed by atoms with Gasteiger partial charge in [-0.05, 0) is 23.8 Å². The lowest BCUT2D eigenvalue weighted by molar-refractivity contribution is -0.137. The number of urea groups is 1. The molecule has 8 heteroatoms. The van der Waals surface area contributed by atoms with Crippen LogP contribution in [0.1, 0.15) is 31.4 Å². The minimum Gasteiger partial charge on any atom is -0.355 e. The van der Waals surface area contributed by atoms with Crippen molar-refractivity contribution in [2.45, 2.75) is 31.9 Å². The molecule has 5 nitrogen and oxygen atoms in total. The van der Waals surface area contributed by atoms with Crippen molar-refractivity contribution in [2.75, 3.05) is 18.4 Å². The van der Waals surface area contributed by atoms with Crippen molar-refractivity contribution in [3.8, 4) is 0 Å². The summed E-state index contributed by atoms with van der Waals surface area (Å²) in [5.74, 6) is -0.301. The van der Waals surface area contributed by atoms with Gasteiger partial charge in [0.05, 0.1) is 5.56 Å². The summed E-state index contributed by atoms with van der Waals surface area (Å²) >= 11 is 0. The van der Waals surface area contributed by atoms with Gasteiger partial charge in [0.25, 0.3) is 0 Å². The largest absolute Gasteiger partial charge is 0.416 e. The molecule has 2 aromatic carbocycles. The van der Waals surface area contributed by atoms with Gasteiger partial charge in [-0.2, -0.15) is 13.2 Å². The first-order valence-electron chi connectivity index (χ1n) is 9.12. The van der Waals surface area contributed by atoms with Crippen molar-refractivity contribution < 1.29 is 22.8 Å². The van der Waals surface area contributed by atoms with Crippen LogP contribution in [-0.4, -0.2) is 25.0 Å². The molecule has 0 saturated heterocycles. The average molecular weight is 407 g/mol. The second-order valence-corrected chi connectivity index (χ2v) is 7.24. The van der Waals surface area contributed by atoms with Crippen LogP contribution in [0.2, 0.25) is 0 Å². The molecule has 0 fully saturated rings. The van der Waals surface area contributed by atoms with Gasteiger partial charge in [0, 0.05) is 30.6 Å². The molecule has 0 aliphatic rings. The fourth-order valence-corrected chi connectivity index (χ4v) is 2.61. The number of nitrogens with one attached hydrogen (secondary N) is 3. The Labute approximate surface area is 167 Å². The van der Waals surface area contributed by atoms with Crippen LogP contribution < -0.4 is 16.0 Å². The Balaban J connectivity index is 1.78. The maximum Gasteiger partial charge on any atom is 0.416 e. The number of rotatable bonds is 7. The van der Waals surface area contributed by atoms with E-state index in [1.165, 1.54) is 6.07 Å². The number of para-hydroxylation sites is 1. The molecule has 0 spiro atoms. The molecule has 0 heterocycles. The van der Waals surface area contributed by atoms with E-state index >= 15 is 0 Å². The Bertz CT molecular complexity index is 837. The number of alkyl halides is 3. The highest BCUT2D eigenvalue weighted by Crippen LogP contribution is 2.32. The SMILES string of the molecule is CC(C)(CNC(=O)CCNC(=O)Nc1ccccc1)c1cccc(C(F)(F)F)c1. The number of carbonyl (C=O) groups is 2. The molecule has 3 N–H and O–H groups in total. The first kappa shape index (κ1) is 22.3. The standard InChI is InChI=1S/C21H24F3N3O2/c1-20(2,15-7-6-8-16(13-15)21(22,23)24)14-26-18(28)11-12-25-19(29)27-17-9-4-3-5-10-17/h3-10,13H,11-12,14H2,1-2H3,(H,26,28)(H2,25,27,29). The third-order valence-corrected chi connectivity index (χ3v) is 4.37. The smallest absolute Gasteiger partial charge is 0.355 e. The van der Waals surface area contributed by atoms with E-state index in [1.807, 2.05) is 6.07 Å². The zero-order valence-corrected chi connectivity index (χ0v) is 16.3. The number of anilines is 1. The Morgan fingerprint density at radius 3 is 2.21 bits per heavy atom. The molecule has 3 amide bonds. The molecule has 0 aromatic heterocycles. The molecule has 0 aliphatic carbocycles. The highest BCUT2D eigenvalue weighted by molar-refractivity contribution is 5.89. The molecule has 29 heavy (non-hydrogen) atoms. The molecule has 0 unspecified atom stereocenters. The second-order valence-electron chi connectivity index (χ2n) is 7.24. The van der Waals surface area contributed by atoms with E-state index < -0.39 is 23.2 Å². The van der Waals surface area contributed by atoms with Crippen molar-refractivity contribution in [2.24, 2.45) is 0 Å². The second kappa shape index (κ2) is 9.45. The lowest BCUT2D eigenvalue weighted by atomic mass is 9.83. The summed E-state index contributed by atoms with van der Waals surface area (Å²) in [4.78, 5) is 23.8. The Hall–Kier alpha value is -3.03. The molecule has 0 radical (unpaired) electrons. The fourth-order valence-electron chi connectivity index (χ4n) is 2.61. The van der Waals surface area contributed by atoms with E-state index in [1.54, 1.807) is 44.2 Å². The maximum atomic E-state index is 12.9. The molecule has 2 aromatic rings. The Morgan fingerprint density at radius 2 is 1.55 bits per heavy atom. The Kier molecular flexibility index (Phi) is 7.25. The van der Waals surface area contributed by atoms with Crippen LogP contribution >= 0.6 is 0 Å². The minimum atomic E-state index is -4.42. The van der Waals surface area contributed by atoms with Crippen LogP contribution in [-0.2, 0) is 16.4 Å². The summed E-state index contributed by atoms with van der Waals surface area (Å²) in [6.07, 6.45) is -4.36. The van der Waals surface area contributed by atoms with Crippen molar-refractivity contribution in [3.05, 3.63) is 65.7 Å². The molecule has 0 saturated carbocycles. The van der Waals surface area contributed by atoms with Crippen LogP contribution in [0.25, 0.3) is 0 Å². The molecule has 2 rings (SSSR count). The number of hydrogen-bond acceptors (Lipinski definition) is 2. The molecule has 0 atom stereocenters. The van der Waals surface area contributed by atoms with Gasteiger partial charge in [-0.3, -0.25) is 4.79 Å². The van der Waals surface area contributed by atoms with Crippen molar-refractivity contribution >= 4 is 17.6 Å². The van der Waals surface area contributed by atoms with Gasteiger partial charge in [-0.25, -0.2) is 4.79 Å². The van der Waals surface area contributed by atoms with Gasteiger partial charge in [0.2, 0.25) is 5.91 Å². The topological polar surface area (TPSA) is 70.2 Å². The highest BCUT2D eigenvalue weighted by atomic mass is 19.4. The van der Waals surface area contributed by atoms with Gasteiger partial charge >= 0.3 is 12.2 Å². The van der Waals surface area contributed by atoms with E-state index in [9.17, 15) is 22.8 Å². The zero-order chi connectivity index (χ0) is 21.5. The number of carbonyl (C=O) groups excluding carboxylic acids is 2. The first-order valence-corrected chi connectivity index (χ1v) is 9.12. The molecular weight excluding hydrogens is 383 g/mol. The summed E-state index contributed by atoms with van der Waals surface area (Å²) in [6, 6.07) is 13.5. The summed E-state index contributed by atoms with van der Waals surface area (Å²) in [7, 11) is 0. The predicted octanol–water partition coefficient (Wildman–Crippen LogP) is 4.31. The zero-order valence-electron chi connectivity index (χ0n) is 16.3. The maximum absolute atomic E-state index is 12.9. The van der Waals surface area contributed by atoms with E-state index in [4.69, 9.17) is 0 Å². The summed E-state index contributed by atoms with van der Waals surface area (Å²) in [5, 5.41) is 7.93. The van der Waals surface area contributed by atoms with E-state index in [0.717, 1.165) is 12.1 Å². The van der Waals surface area contributed by atoms with Crippen molar-refractivity contribution in [3.63, 3.8) is 0 Å². The fraction of sp³-hybridized carbons (Fsp3) is 0.333. The van der Waals surface area contributed by atoms with Crippen LogP contribution in [0.15, 0.2) is 54.6 Å². The van der Waals surface area contributed by atoms with Crippen molar-refractivity contribution in [1.82, 2.24) is 10.6 Å². The van der Waals surface area contributed by atoms with E-state index in [-0.39, 0.29) is 25.4 Å². The number of hydrogen-bond donors (Lipinski definition) is 3. The first-order chi connectivity index (χ1) is 13.6. The molecular formula is C21H24F3N3O2. The third kappa shape index (κ3) is 7.14. The van der Waals surface area contributed by atoms with Crippen molar-refractivity contribution in [1.29, 1.82) is 0 Å². The molecule has 0 aliphatic heterocycles. The van der Waals surface area contributed by atoms with Crippen LogP contribution in [0.5, 0.6) is 0 Å². The van der Waals surface area contributed by atoms with Crippen LogP contribution in [0.4, 0.5) is 23.7 Å². The summed E-state index contributed by atoms with van der Waals surface area (Å²) in [6.45, 7) is 3.82. The van der Waals surface area contributed by atoms with Gasteiger partial charge in [-0.1, -0.05) is 50.2 Å². The quantitative estimate of drug-likeness (QED) is 0.640. The van der Waals surface area contributed by atoms with Gasteiger partial charge in [-0.15, -0.1) is 0 Å². The highest BCUT2D eigenvalue weighted by Gasteiger charge is 2.32. The van der Waals surface area contributed by atoms with E-state index in [0.29, 0.717) is 11.3 Å². The van der Waals surface area contributed by atoms with Crippen LogP contribution in [0, 0.1) is 0 Å². The molecule has 156 valence electrons. The average Bonchev–Trinajstić information content (AvgIpc) is 2.67. The lowest BCUT2D eigenvalue weighted by Gasteiger charge is -2.26. The lowest BCUT2D eigenvalue weighted by Crippen LogP contribution is -2.38. The number of amides is 3. The summed E-state index contributed by atoms with van der Waals surface area (Å²) in [5.41, 5.74) is -0.289. The van der Waals surface area contributed by atoms with Crippen LogP contribution in [0.3, 0.4) is 0 Å². The minimum absolute atomic E-state index is 0.0564. The monoisotopic (exact) mass is 407 g/mol. The number of benzene rings is 2. The van der Waals surface area contributed by atoms with Gasteiger partial charge < -0.3 is 16.0 Å². The predicted molar refractivity (Wildman–Crippen MR) is 106 cm³/mol. The van der Waals surface area contributed by atoms with Gasteiger partial charge in [0.15, 0.2) is 0 Å².